The Hall–Kier alpha value is -2.93. The van der Waals surface area contributed by atoms with E-state index >= 15 is 0 Å². The lowest BCUT2D eigenvalue weighted by Crippen LogP contribution is -2.43. The van der Waals surface area contributed by atoms with Crippen LogP contribution in [-0.4, -0.2) is 35.7 Å². The smallest absolute Gasteiger partial charge is 0.253 e. The van der Waals surface area contributed by atoms with E-state index in [1.165, 1.54) is 31.2 Å². The van der Waals surface area contributed by atoms with Gasteiger partial charge in [-0.3, -0.25) is 14.4 Å². The Kier molecular flexibility index (Phi) is 6.49. The van der Waals surface area contributed by atoms with Gasteiger partial charge in [0, 0.05) is 30.6 Å². The standard InChI is InChI=1S/C21H21ClFN3O3/c1-13(27)24-18-9-6-16(22)11-19(18)25-20(28)15-3-2-10-26(12-15)21(29)14-4-7-17(23)8-5-14/h4-9,11,15H,2-3,10,12H2,1H3,(H,24,27)(H,25,28). The number of hydrogen-bond acceptors (Lipinski definition) is 3. The van der Waals surface area contributed by atoms with Crippen molar-refractivity contribution < 1.29 is 18.8 Å². The van der Waals surface area contributed by atoms with Gasteiger partial charge in [0.15, 0.2) is 0 Å². The number of carbonyl (C=O) groups excluding carboxylic acids is 3. The highest BCUT2D eigenvalue weighted by Gasteiger charge is 2.29. The van der Waals surface area contributed by atoms with Gasteiger partial charge in [0.2, 0.25) is 11.8 Å². The van der Waals surface area contributed by atoms with Gasteiger partial charge < -0.3 is 15.5 Å². The first-order valence-electron chi connectivity index (χ1n) is 9.26. The molecule has 0 aliphatic carbocycles. The second kappa shape index (κ2) is 9.05. The van der Waals surface area contributed by atoms with Gasteiger partial charge in [0.1, 0.15) is 5.82 Å². The molecule has 0 bridgehead atoms. The molecule has 8 heteroatoms. The van der Waals surface area contributed by atoms with Crippen molar-refractivity contribution in [3.63, 3.8) is 0 Å². The summed E-state index contributed by atoms with van der Waals surface area (Å²) in [6, 6.07) is 10.2. The first kappa shape index (κ1) is 20.8. The molecule has 2 aromatic carbocycles. The van der Waals surface area contributed by atoms with Gasteiger partial charge in [-0.25, -0.2) is 4.39 Å². The number of hydrogen-bond donors (Lipinski definition) is 2. The highest BCUT2D eigenvalue weighted by atomic mass is 35.5. The van der Waals surface area contributed by atoms with Crippen molar-refractivity contribution in [1.82, 2.24) is 4.90 Å². The molecule has 1 atom stereocenters. The SMILES string of the molecule is CC(=O)Nc1ccc(Cl)cc1NC(=O)C1CCCN(C(=O)c2ccc(F)cc2)C1. The van der Waals surface area contributed by atoms with Gasteiger partial charge in [0.05, 0.1) is 17.3 Å². The zero-order valence-electron chi connectivity index (χ0n) is 15.9. The van der Waals surface area contributed by atoms with Crippen molar-refractivity contribution in [3.8, 4) is 0 Å². The third-order valence-corrected chi connectivity index (χ3v) is 4.96. The van der Waals surface area contributed by atoms with E-state index in [9.17, 15) is 18.8 Å². The quantitative estimate of drug-likeness (QED) is 0.791. The molecular formula is C21H21ClFN3O3. The Morgan fingerprint density at radius 2 is 1.79 bits per heavy atom. The minimum atomic E-state index is -0.408. The van der Waals surface area contributed by atoms with Crippen molar-refractivity contribution in [2.45, 2.75) is 19.8 Å². The summed E-state index contributed by atoms with van der Waals surface area (Å²) in [7, 11) is 0. The summed E-state index contributed by atoms with van der Waals surface area (Å²) in [6.45, 7) is 2.17. The van der Waals surface area contributed by atoms with Crippen LogP contribution in [-0.2, 0) is 9.59 Å². The molecule has 1 aliphatic rings. The molecule has 1 unspecified atom stereocenters. The van der Waals surface area contributed by atoms with E-state index in [4.69, 9.17) is 11.6 Å². The molecule has 6 nitrogen and oxygen atoms in total. The zero-order valence-corrected chi connectivity index (χ0v) is 16.6. The Labute approximate surface area is 173 Å². The third kappa shape index (κ3) is 5.32. The molecule has 29 heavy (non-hydrogen) atoms. The molecule has 1 saturated heterocycles. The van der Waals surface area contributed by atoms with Gasteiger partial charge >= 0.3 is 0 Å². The van der Waals surface area contributed by atoms with Crippen LogP contribution in [0.5, 0.6) is 0 Å². The Morgan fingerprint density at radius 3 is 2.48 bits per heavy atom. The molecule has 1 fully saturated rings. The molecule has 3 rings (SSSR count). The molecule has 3 amide bonds. The summed E-state index contributed by atoms with van der Waals surface area (Å²) in [5, 5.41) is 5.88. The lowest BCUT2D eigenvalue weighted by Gasteiger charge is -2.32. The molecule has 0 saturated carbocycles. The fourth-order valence-corrected chi connectivity index (χ4v) is 3.48. The summed E-state index contributed by atoms with van der Waals surface area (Å²) in [5.74, 6) is -1.57. The Balaban J connectivity index is 1.70. The van der Waals surface area contributed by atoms with Crippen molar-refractivity contribution in [1.29, 1.82) is 0 Å². The summed E-state index contributed by atoms with van der Waals surface area (Å²) in [4.78, 5) is 38.5. The number of likely N-dealkylation sites (tertiary alicyclic amines) is 1. The number of nitrogens with one attached hydrogen (secondary N) is 2. The van der Waals surface area contributed by atoms with Gasteiger partial charge in [-0.15, -0.1) is 0 Å². The van der Waals surface area contributed by atoms with Crippen LogP contribution < -0.4 is 10.6 Å². The molecule has 152 valence electrons. The van der Waals surface area contributed by atoms with E-state index in [0.717, 1.165) is 0 Å². The average Bonchev–Trinajstić information content (AvgIpc) is 2.70. The molecule has 0 aromatic heterocycles. The summed E-state index contributed by atoms with van der Waals surface area (Å²) < 4.78 is 13.1. The highest BCUT2D eigenvalue weighted by molar-refractivity contribution is 6.31. The van der Waals surface area contributed by atoms with Crippen LogP contribution in [0.1, 0.15) is 30.1 Å². The van der Waals surface area contributed by atoms with Crippen molar-refractivity contribution in [2.24, 2.45) is 5.92 Å². The van der Waals surface area contributed by atoms with E-state index in [-0.39, 0.29) is 24.3 Å². The van der Waals surface area contributed by atoms with E-state index < -0.39 is 11.7 Å². The molecule has 1 heterocycles. The van der Waals surface area contributed by atoms with Crippen LogP contribution in [0.15, 0.2) is 42.5 Å². The van der Waals surface area contributed by atoms with Gasteiger partial charge in [-0.05, 0) is 55.3 Å². The fraction of sp³-hybridized carbons (Fsp3) is 0.286. The Morgan fingerprint density at radius 1 is 1.07 bits per heavy atom. The topological polar surface area (TPSA) is 78.5 Å². The number of halogens is 2. The fourth-order valence-electron chi connectivity index (χ4n) is 3.30. The number of anilines is 2. The predicted octanol–water partition coefficient (Wildman–Crippen LogP) is 3.93. The second-order valence-corrected chi connectivity index (χ2v) is 7.39. The average molecular weight is 418 g/mol. The first-order valence-corrected chi connectivity index (χ1v) is 9.64. The molecular weight excluding hydrogens is 397 g/mol. The van der Waals surface area contributed by atoms with Gasteiger partial charge in [0.25, 0.3) is 5.91 Å². The summed E-state index contributed by atoms with van der Waals surface area (Å²) >= 11 is 6.02. The molecule has 0 radical (unpaired) electrons. The molecule has 1 aliphatic heterocycles. The van der Waals surface area contributed by atoms with Gasteiger partial charge in [-0.1, -0.05) is 11.6 Å². The number of rotatable bonds is 4. The lowest BCUT2D eigenvalue weighted by molar-refractivity contribution is -0.121. The number of piperidine rings is 1. The maximum Gasteiger partial charge on any atom is 0.253 e. The minimum absolute atomic E-state index is 0.232. The van der Waals surface area contributed by atoms with Crippen LogP contribution in [0.3, 0.4) is 0 Å². The van der Waals surface area contributed by atoms with Gasteiger partial charge in [-0.2, -0.15) is 0 Å². The largest absolute Gasteiger partial charge is 0.338 e. The van der Waals surface area contributed by atoms with Crippen LogP contribution >= 0.6 is 11.6 Å². The second-order valence-electron chi connectivity index (χ2n) is 6.96. The lowest BCUT2D eigenvalue weighted by atomic mass is 9.96. The first-order chi connectivity index (χ1) is 13.8. The molecule has 2 N–H and O–H groups in total. The van der Waals surface area contributed by atoms with Crippen LogP contribution in [0.25, 0.3) is 0 Å². The molecule has 0 spiro atoms. The normalized spacial score (nSPS) is 16.2. The van der Waals surface area contributed by atoms with E-state index in [2.05, 4.69) is 10.6 Å². The van der Waals surface area contributed by atoms with E-state index in [1.54, 1.807) is 23.1 Å². The van der Waals surface area contributed by atoms with E-state index in [0.29, 0.717) is 41.3 Å². The van der Waals surface area contributed by atoms with Crippen LogP contribution in [0.4, 0.5) is 15.8 Å². The highest BCUT2D eigenvalue weighted by Crippen LogP contribution is 2.28. The van der Waals surface area contributed by atoms with Crippen LogP contribution in [0, 0.1) is 11.7 Å². The predicted molar refractivity (Wildman–Crippen MR) is 109 cm³/mol. The summed E-state index contributed by atoms with van der Waals surface area (Å²) in [5.41, 5.74) is 1.24. The van der Waals surface area contributed by atoms with Crippen molar-refractivity contribution in [2.75, 3.05) is 23.7 Å². The monoisotopic (exact) mass is 417 g/mol. The van der Waals surface area contributed by atoms with E-state index in [1.807, 2.05) is 0 Å². The third-order valence-electron chi connectivity index (χ3n) is 4.72. The maximum absolute atomic E-state index is 13.1. The number of amides is 3. The number of benzene rings is 2. The number of carbonyl (C=O) groups is 3. The Bertz CT molecular complexity index is 933. The van der Waals surface area contributed by atoms with Crippen molar-refractivity contribution >= 4 is 40.7 Å². The zero-order chi connectivity index (χ0) is 21.0. The number of nitrogens with zero attached hydrogens (tertiary/aromatic N) is 1. The molecule has 2 aromatic rings. The minimum Gasteiger partial charge on any atom is -0.338 e. The van der Waals surface area contributed by atoms with Crippen molar-refractivity contribution in [3.05, 3.63) is 58.9 Å². The van der Waals surface area contributed by atoms with Crippen LogP contribution in [0.2, 0.25) is 5.02 Å². The maximum atomic E-state index is 13.1. The summed E-state index contributed by atoms with van der Waals surface area (Å²) in [6.07, 6.45) is 1.31.